The molecule has 1 aromatic heterocycles. The molecule has 130 valence electrons. The molecule has 3 rings (SSSR count). The summed E-state index contributed by atoms with van der Waals surface area (Å²) in [6.07, 6.45) is 3.37. The van der Waals surface area contributed by atoms with Crippen molar-refractivity contribution in [3.05, 3.63) is 54.2 Å². The van der Waals surface area contributed by atoms with E-state index < -0.39 is 0 Å². The Morgan fingerprint density at radius 2 is 1.88 bits per heavy atom. The molecule has 2 N–H and O–H groups in total. The predicted molar refractivity (Wildman–Crippen MR) is 97.9 cm³/mol. The molecule has 0 spiro atoms. The molecule has 2 amide bonds. The second-order valence-corrected chi connectivity index (χ2v) is 6.32. The minimum absolute atomic E-state index is 0.0637. The van der Waals surface area contributed by atoms with E-state index in [1.807, 2.05) is 6.07 Å². The summed E-state index contributed by atoms with van der Waals surface area (Å²) in [5.41, 5.74) is 1.23. The summed E-state index contributed by atoms with van der Waals surface area (Å²) in [5, 5.41) is 5.40. The van der Waals surface area contributed by atoms with Crippen molar-refractivity contribution in [2.24, 2.45) is 5.92 Å². The van der Waals surface area contributed by atoms with Crippen LogP contribution in [-0.2, 0) is 0 Å². The van der Waals surface area contributed by atoms with Crippen molar-refractivity contribution in [2.45, 2.75) is 12.8 Å². The first-order valence-corrected chi connectivity index (χ1v) is 8.43. The van der Waals surface area contributed by atoms with Crippen LogP contribution in [0.15, 0.2) is 48.7 Å². The van der Waals surface area contributed by atoms with Gasteiger partial charge < -0.3 is 10.2 Å². The number of nitrogens with one attached hydrogen (secondary N) is 2. The molecule has 25 heavy (non-hydrogen) atoms. The standard InChI is InChI=1S/C19H22N4O2/c1-23-11-8-14(9-12-23)18(24)15-5-4-6-16(13-15)21-19(25)22-17-7-2-3-10-20-17/h2-7,10,13-14H,8-9,11-12H2,1H3,(H2,20,21,22,25). The quantitative estimate of drug-likeness (QED) is 0.839. The number of carbonyl (C=O) groups is 2. The summed E-state index contributed by atoms with van der Waals surface area (Å²) >= 11 is 0. The molecule has 0 saturated carbocycles. The zero-order valence-corrected chi connectivity index (χ0v) is 14.2. The lowest BCUT2D eigenvalue weighted by Crippen LogP contribution is -2.33. The van der Waals surface area contributed by atoms with Gasteiger partial charge >= 0.3 is 6.03 Å². The molecule has 0 aliphatic carbocycles. The number of hydrogen-bond donors (Lipinski definition) is 2. The number of benzene rings is 1. The van der Waals surface area contributed by atoms with E-state index in [1.165, 1.54) is 0 Å². The summed E-state index contributed by atoms with van der Waals surface area (Å²) in [6, 6.07) is 12.0. The van der Waals surface area contributed by atoms with Crippen molar-refractivity contribution in [1.82, 2.24) is 9.88 Å². The molecule has 6 nitrogen and oxygen atoms in total. The SMILES string of the molecule is CN1CCC(C(=O)c2cccc(NC(=O)Nc3ccccn3)c2)CC1. The molecule has 6 heteroatoms. The number of rotatable bonds is 4. The first kappa shape index (κ1) is 17.1. The highest BCUT2D eigenvalue weighted by Gasteiger charge is 2.24. The van der Waals surface area contributed by atoms with Crippen LogP contribution in [0.2, 0.25) is 0 Å². The number of pyridine rings is 1. The van der Waals surface area contributed by atoms with Gasteiger partial charge in [0, 0.05) is 23.4 Å². The zero-order valence-electron chi connectivity index (χ0n) is 14.2. The Morgan fingerprint density at radius 1 is 1.08 bits per heavy atom. The molecular formula is C19H22N4O2. The number of hydrogen-bond acceptors (Lipinski definition) is 4. The Kier molecular flexibility index (Phi) is 5.40. The van der Waals surface area contributed by atoms with Gasteiger partial charge in [0.2, 0.25) is 0 Å². The highest BCUT2D eigenvalue weighted by atomic mass is 16.2. The number of Topliss-reactive ketones (excluding diaryl/α,β-unsaturated/α-hetero) is 1. The van der Waals surface area contributed by atoms with E-state index in [-0.39, 0.29) is 17.7 Å². The largest absolute Gasteiger partial charge is 0.324 e. The highest BCUT2D eigenvalue weighted by molar-refractivity contribution is 6.02. The number of aromatic nitrogens is 1. The van der Waals surface area contributed by atoms with E-state index in [0.29, 0.717) is 17.1 Å². The van der Waals surface area contributed by atoms with Gasteiger partial charge in [-0.15, -0.1) is 0 Å². The average molecular weight is 338 g/mol. The van der Waals surface area contributed by atoms with Crippen LogP contribution in [0.3, 0.4) is 0 Å². The second-order valence-electron chi connectivity index (χ2n) is 6.32. The minimum Gasteiger partial charge on any atom is -0.308 e. The van der Waals surface area contributed by atoms with E-state index in [1.54, 1.807) is 42.6 Å². The highest BCUT2D eigenvalue weighted by Crippen LogP contribution is 2.22. The molecular weight excluding hydrogens is 316 g/mol. The lowest BCUT2D eigenvalue weighted by Gasteiger charge is -2.28. The molecule has 0 radical (unpaired) electrons. The lowest BCUT2D eigenvalue weighted by molar-refractivity contribution is 0.0857. The third-order valence-electron chi connectivity index (χ3n) is 4.40. The molecule has 2 aromatic rings. The van der Waals surface area contributed by atoms with Crippen molar-refractivity contribution < 1.29 is 9.59 Å². The maximum atomic E-state index is 12.7. The summed E-state index contributed by atoms with van der Waals surface area (Å²) < 4.78 is 0. The Morgan fingerprint density at radius 3 is 2.60 bits per heavy atom. The molecule has 1 saturated heterocycles. The van der Waals surface area contributed by atoms with Gasteiger partial charge in [0.1, 0.15) is 5.82 Å². The molecule has 0 atom stereocenters. The van der Waals surface area contributed by atoms with Gasteiger partial charge in [-0.05, 0) is 57.2 Å². The predicted octanol–water partition coefficient (Wildman–Crippen LogP) is 3.25. The molecule has 1 aromatic carbocycles. The third-order valence-corrected chi connectivity index (χ3v) is 4.40. The van der Waals surface area contributed by atoms with Crippen LogP contribution < -0.4 is 10.6 Å². The first-order valence-electron chi connectivity index (χ1n) is 8.43. The van der Waals surface area contributed by atoms with Gasteiger partial charge in [-0.1, -0.05) is 18.2 Å². The van der Waals surface area contributed by atoms with Crippen molar-refractivity contribution in [1.29, 1.82) is 0 Å². The summed E-state index contributed by atoms with van der Waals surface area (Å²) in [6.45, 7) is 1.89. The summed E-state index contributed by atoms with van der Waals surface area (Å²) in [4.78, 5) is 31.0. The summed E-state index contributed by atoms with van der Waals surface area (Å²) in [5.74, 6) is 0.689. The fourth-order valence-electron chi connectivity index (χ4n) is 2.97. The fourth-order valence-corrected chi connectivity index (χ4v) is 2.97. The maximum Gasteiger partial charge on any atom is 0.324 e. The number of amides is 2. The van der Waals surface area contributed by atoms with E-state index in [2.05, 4.69) is 27.6 Å². The number of nitrogens with zero attached hydrogens (tertiary/aromatic N) is 2. The van der Waals surface area contributed by atoms with E-state index in [0.717, 1.165) is 25.9 Å². The molecule has 1 aliphatic rings. The van der Waals surface area contributed by atoms with Crippen LogP contribution >= 0.6 is 0 Å². The third kappa shape index (κ3) is 4.64. The lowest BCUT2D eigenvalue weighted by atomic mass is 9.89. The Balaban J connectivity index is 1.63. The number of likely N-dealkylation sites (tertiary alicyclic amines) is 1. The molecule has 1 aliphatic heterocycles. The second kappa shape index (κ2) is 7.90. The molecule has 0 unspecified atom stereocenters. The van der Waals surface area contributed by atoms with Gasteiger partial charge in [0.05, 0.1) is 0 Å². The van der Waals surface area contributed by atoms with E-state index in [9.17, 15) is 9.59 Å². The number of ketones is 1. The first-order chi connectivity index (χ1) is 12.1. The van der Waals surface area contributed by atoms with E-state index in [4.69, 9.17) is 0 Å². The number of carbonyl (C=O) groups excluding carboxylic acids is 2. The van der Waals surface area contributed by atoms with Gasteiger partial charge in [-0.3, -0.25) is 10.1 Å². The fraction of sp³-hybridized carbons (Fsp3) is 0.316. The van der Waals surface area contributed by atoms with Gasteiger partial charge in [0.15, 0.2) is 5.78 Å². The Labute approximate surface area is 147 Å². The van der Waals surface area contributed by atoms with Crippen molar-refractivity contribution >= 4 is 23.3 Å². The van der Waals surface area contributed by atoms with Crippen LogP contribution in [0.25, 0.3) is 0 Å². The molecule has 2 heterocycles. The van der Waals surface area contributed by atoms with E-state index >= 15 is 0 Å². The average Bonchev–Trinajstić information content (AvgIpc) is 2.63. The maximum absolute atomic E-state index is 12.7. The minimum atomic E-state index is -0.386. The van der Waals surface area contributed by atoms with Crippen molar-refractivity contribution in [3.8, 4) is 0 Å². The normalized spacial score (nSPS) is 15.6. The number of urea groups is 1. The van der Waals surface area contributed by atoms with Crippen LogP contribution in [0.5, 0.6) is 0 Å². The van der Waals surface area contributed by atoms with Gasteiger partial charge in [-0.2, -0.15) is 0 Å². The number of piperidine rings is 1. The monoisotopic (exact) mass is 338 g/mol. The molecule has 0 bridgehead atoms. The van der Waals surface area contributed by atoms with Crippen molar-refractivity contribution in [3.63, 3.8) is 0 Å². The van der Waals surface area contributed by atoms with Crippen LogP contribution in [0.4, 0.5) is 16.3 Å². The number of anilines is 2. The van der Waals surface area contributed by atoms with Crippen LogP contribution in [0.1, 0.15) is 23.2 Å². The Hall–Kier alpha value is -2.73. The van der Waals surface area contributed by atoms with Crippen LogP contribution in [0, 0.1) is 5.92 Å². The smallest absolute Gasteiger partial charge is 0.308 e. The zero-order chi connectivity index (χ0) is 17.6. The van der Waals surface area contributed by atoms with Gasteiger partial charge in [-0.25, -0.2) is 9.78 Å². The summed E-state index contributed by atoms with van der Waals surface area (Å²) in [7, 11) is 2.07. The topological polar surface area (TPSA) is 74.3 Å². The van der Waals surface area contributed by atoms with Gasteiger partial charge in [0.25, 0.3) is 0 Å². The van der Waals surface area contributed by atoms with Crippen molar-refractivity contribution in [2.75, 3.05) is 30.8 Å². The van der Waals surface area contributed by atoms with Crippen LogP contribution in [-0.4, -0.2) is 41.8 Å². The Bertz CT molecular complexity index is 740. The molecule has 1 fully saturated rings.